The summed E-state index contributed by atoms with van der Waals surface area (Å²) in [7, 11) is 0. The topological polar surface area (TPSA) is 72.7 Å². The van der Waals surface area contributed by atoms with E-state index < -0.39 is 0 Å². The molecule has 0 radical (unpaired) electrons. The van der Waals surface area contributed by atoms with Crippen LogP contribution in [0.15, 0.2) is 39.9 Å². The van der Waals surface area contributed by atoms with Crippen molar-refractivity contribution in [1.29, 1.82) is 5.26 Å². The van der Waals surface area contributed by atoms with Gasteiger partial charge in [0.25, 0.3) is 0 Å². The van der Waals surface area contributed by atoms with Crippen molar-refractivity contribution in [2.75, 3.05) is 0 Å². The van der Waals surface area contributed by atoms with E-state index in [2.05, 4.69) is 6.07 Å². The van der Waals surface area contributed by atoms with Gasteiger partial charge in [0.1, 0.15) is 0 Å². The molecule has 6 nitrogen and oxygen atoms in total. The van der Waals surface area contributed by atoms with Gasteiger partial charge in [-0.3, -0.25) is 0 Å². The Balaban J connectivity index is 1.58. The number of rotatable bonds is 1. The fourth-order valence-corrected chi connectivity index (χ4v) is 6.90. The summed E-state index contributed by atoms with van der Waals surface area (Å²) in [6.07, 6.45) is 0. The fraction of sp³-hybridized carbons (Fsp3) is 0.471. The van der Waals surface area contributed by atoms with E-state index in [4.69, 9.17) is 0 Å². The first kappa shape index (κ1) is 11.1. The van der Waals surface area contributed by atoms with E-state index in [1.54, 1.807) is 21.5 Å². The van der Waals surface area contributed by atoms with Crippen LogP contribution in [0.3, 0.4) is 0 Å². The maximum Gasteiger partial charge on any atom is 0.352 e. The largest absolute Gasteiger partial charge is 0.352 e. The lowest BCUT2D eigenvalue weighted by molar-refractivity contribution is 0.0819. The second-order valence-corrected chi connectivity index (χ2v) is 7.69. The zero-order chi connectivity index (χ0) is 15.2. The van der Waals surface area contributed by atoms with E-state index in [9.17, 15) is 14.9 Å². The van der Waals surface area contributed by atoms with Crippen molar-refractivity contribution in [3.05, 3.63) is 51.3 Å². The maximum atomic E-state index is 13.0. The van der Waals surface area contributed by atoms with Gasteiger partial charge in [-0.05, 0) is 35.8 Å². The molecule has 0 amide bonds. The van der Waals surface area contributed by atoms with Crippen LogP contribution in [0.2, 0.25) is 0 Å². The molecule has 1 aromatic carbocycles. The molecule has 8 rings (SSSR count). The molecular weight excluding hydrogens is 292 g/mol. The molecular formula is C17H12N4O2. The summed E-state index contributed by atoms with van der Waals surface area (Å²) in [4.78, 5) is 26.0. The lowest BCUT2D eigenvalue weighted by atomic mass is 9.80. The van der Waals surface area contributed by atoms with E-state index in [1.165, 1.54) is 4.57 Å². The van der Waals surface area contributed by atoms with Crippen molar-refractivity contribution in [2.45, 2.75) is 12.1 Å². The Morgan fingerprint density at radius 1 is 0.957 bits per heavy atom. The van der Waals surface area contributed by atoms with Crippen LogP contribution in [0, 0.1) is 46.3 Å². The Kier molecular flexibility index (Phi) is 1.36. The van der Waals surface area contributed by atoms with E-state index in [1.807, 2.05) is 18.2 Å². The summed E-state index contributed by atoms with van der Waals surface area (Å²) in [5.41, 5.74) is -0.259. The van der Waals surface area contributed by atoms with Gasteiger partial charge in [0.15, 0.2) is 0 Å². The first-order chi connectivity index (χ1) is 11.2. The molecule has 1 aromatic heterocycles. The molecule has 6 aliphatic rings. The number of hydrogen-bond acceptors (Lipinski definition) is 3. The third-order valence-corrected chi connectivity index (χ3v) is 7.36. The van der Waals surface area contributed by atoms with E-state index in [0.717, 1.165) is 0 Å². The highest BCUT2D eigenvalue weighted by Gasteiger charge is 2.97. The Bertz CT molecular complexity index is 1090. The van der Waals surface area contributed by atoms with Gasteiger partial charge >= 0.3 is 11.4 Å². The van der Waals surface area contributed by atoms with Crippen LogP contribution in [0.1, 0.15) is 12.1 Å². The Hall–Kier alpha value is -2.55. The van der Waals surface area contributed by atoms with Gasteiger partial charge < -0.3 is 0 Å². The molecule has 0 N–H and O–H groups in total. The highest BCUT2D eigenvalue weighted by Crippen LogP contribution is 2.96. The second kappa shape index (κ2) is 2.82. The summed E-state index contributed by atoms with van der Waals surface area (Å²) in [5, 5.41) is 9.77. The van der Waals surface area contributed by atoms with Crippen molar-refractivity contribution < 1.29 is 0 Å². The average molecular weight is 304 g/mol. The quantitative estimate of drug-likeness (QED) is 0.772. The zero-order valence-electron chi connectivity index (χ0n) is 12.0. The van der Waals surface area contributed by atoms with Gasteiger partial charge in [0, 0.05) is 5.92 Å². The van der Waals surface area contributed by atoms with Crippen LogP contribution in [-0.2, 0) is 0 Å². The minimum atomic E-state index is -0.353. The molecule has 2 aliphatic heterocycles. The van der Waals surface area contributed by atoms with Crippen molar-refractivity contribution in [2.24, 2.45) is 35.0 Å². The van der Waals surface area contributed by atoms with Crippen LogP contribution in [-0.4, -0.2) is 13.9 Å². The van der Waals surface area contributed by atoms with Crippen LogP contribution in [0.4, 0.5) is 0 Å². The van der Waals surface area contributed by atoms with E-state index >= 15 is 0 Å². The molecule has 112 valence electrons. The summed E-state index contributed by atoms with van der Waals surface area (Å²) >= 11 is 0. The second-order valence-electron chi connectivity index (χ2n) is 7.69. The summed E-state index contributed by atoms with van der Waals surface area (Å²) < 4.78 is 4.62. The molecule has 0 spiro atoms. The van der Waals surface area contributed by atoms with Crippen molar-refractivity contribution in [1.82, 2.24) is 13.9 Å². The normalized spacial score (nSPS) is 48.0. The zero-order valence-corrected chi connectivity index (χ0v) is 12.0. The van der Waals surface area contributed by atoms with Gasteiger partial charge in [-0.2, -0.15) is 5.26 Å². The molecule has 4 saturated carbocycles. The molecule has 23 heavy (non-hydrogen) atoms. The summed E-state index contributed by atoms with van der Waals surface area (Å²) in [6, 6.07) is 11.6. The predicted molar refractivity (Wildman–Crippen MR) is 77.9 cm³/mol. The third kappa shape index (κ3) is 0.792. The first-order valence-corrected chi connectivity index (χ1v) is 8.16. The van der Waals surface area contributed by atoms with Gasteiger partial charge in [-0.1, -0.05) is 18.2 Å². The van der Waals surface area contributed by atoms with Crippen molar-refractivity contribution >= 4 is 0 Å². The molecule has 4 aliphatic carbocycles. The van der Waals surface area contributed by atoms with Crippen LogP contribution in [0.5, 0.6) is 0 Å². The fourth-order valence-electron chi connectivity index (χ4n) is 6.90. The molecule has 3 heterocycles. The number of para-hydroxylation sites is 1. The Labute approximate surface area is 130 Å². The molecule has 4 fully saturated rings. The summed E-state index contributed by atoms with van der Waals surface area (Å²) in [5.74, 6) is 2.33. The molecule has 2 aromatic rings. The third-order valence-electron chi connectivity index (χ3n) is 7.36. The standard InChI is InChI=1S/C17H12N4O2/c18-6-17-11-8-9-10(8)14(17)21-16(23)19(7-4-2-1-3-5-7)15(22)20(21)13(9)12(11)17/h1-5,8-14H/t8-,9-,10-,11-,12+,13-,14-,17-/m1/s1. The smallest absolute Gasteiger partial charge is 0.245 e. The lowest BCUT2D eigenvalue weighted by Gasteiger charge is -2.39. The Morgan fingerprint density at radius 3 is 2.43 bits per heavy atom. The first-order valence-electron chi connectivity index (χ1n) is 8.16. The predicted octanol–water partition coefficient (Wildman–Crippen LogP) is 0.542. The minimum absolute atomic E-state index is 0.0739. The molecule has 8 atom stereocenters. The highest BCUT2D eigenvalue weighted by molar-refractivity contribution is 5.48. The lowest BCUT2D eigenvalue weighted by Crippen LogP contribution is -2.48. The monoisotopic (exact) mass is 304 g/mol. The van der Waals surface area contributed by atoms with Gasteiger partial charge in [0.2, 0.25) is 0 Å². The number of benzene rings is 1. The van der Waals surface area contributed by atoms with Crippen LogP contribution >= 0.6 is 0 Å². The molecule has 2 bridgehead atoms. The highest BCUT2D eigenvalue weighted by atomic mass is 16.2. The maximum absolute atomic E-state index is 13.0. The van der Waals surface area contributed by atoms with Crippen LogP contribution < -0.4 is 11.4 Å². The number of aromatic nitrogens is 3. The van der Waals surface area contributed by atoms with Gasteiger partial charge in [-0.25, -0.2) is 23.5 Å². The average Bonchev–Trinajstić information content (AvgIpc) is 3.36. The van der Waals surface area contributed by atoms with Gasteiger partial charge in [0.05, 0.1) is 29.3 Å². The van der Waals surface area contributed by atoms with E-state index in [-0.39, 0.29) is 28.9 Å². The van der Waals surface area contributed by atoms with Crippen LogP contribution in [0.25, 0.3) is 5.69 Å². The number of nitrogens with zero attached hydrogens (tertiary/aromatic N) is 4. The van der Waals surface area contributed by atoms with Crippen molar-refractivity contribution in [3.8, 4) is 11.8 Å². The number of hydrogen-bond donors (Lipinski definition) is 0. The Morgan fingerprint density at radius 2 is 1.70 bits per heavy atom. The minimum Gasteiger partial charge on any atom is -0.245 e. The van der Waals surface area contributed by atoms with E-state index in [0.29, 0.717) is 35.3 Å². The van der Waals surface area contributed by atoms with Gasteiger partial charge in [-0.15, -0.1) is 0 Å². The number of nitriles is 1. The summed E-state index contributed by atoms with van der Waals surface area (Å²) in [6.45, 7) is 0. The molecule has 6 heteroatoms. The molecule has 0 unspecified atom stereocenters. The molecule has 0 saturated heterocycles. The SMILES string of the molecule is N#C[C@]12[C@@H]3[C@@H]4[C@@H]5[C@@H]4[C@H]1n1c(=O)n(-c4ccccc4)c(=O)n1[C@H]5[C@H]32. The van der Waals surface area contributed by atoms with Crippen molar-refractivity contribution in [3.63, 3.8) is 0 Å².